The summed E-state index contributed by atoms with van der Waals surface area (Å²) in [7, 11) is 2.09. The number of likely N-dealkylation sites (N-methyl/N-ethyl adjacent to an activating group) is 1. The Morgan fingerprint density at radius 1 is 1.50 bits per heavy atom. The van der Waals surface area contributed by atoms with E-state index in [1.807, 2.05) is 6.92 Å². The van der Waals surface area contributed by atoms with Crippen LogP contribution in [0, 0.1) is 6.92 Å². The number of nitrogens with one attached hydrogen (secondary N) is 1. The fourth-order valence-electron chi connectivity index (χ4n) is 3.42. The molecule has 24 heavy (non-hydrogen) atoms. The molecule has 0 aromatic carbocycles. The molecule has 1 amide bonds. The minimum absolute atomic E-state index is 0.0946. The highest BCUT2D eigenvalue weighted by Crippen LogP contribution is 2.16. The van der Waals surface area contributed by atoms with Gasteiger partial charge in [0.2, 0.25) is 11.8 Å². The van der Waals surface area contributed by atoms with E-state index in [1.165, 1.54) is 0 Å². The van der Waals surface area contributed by atoms with Crippen molar-refractivity contribution >= 4 is 5.91 Å². The number of oxazole rings is 1. The second kappa shape index (κ2) is 8.09. The lowest BCUT2D eigenvalue weighted by Gasteiger charge is -2.23. The highest BCUT2D eigenvalue weighted by Gasteiger charge is 2.27. The molecule has 7 nitrogen and oxygen atoms in total. The summed E-state index contributed by atoms with van der Waals surface area (Å²) in [6, 6.07) is 0.433. The predicted molar refractivity (Wildman–Crippen MR) is 89.5 cm³/mol. The van der Waals surface area contributed by atoms with E-state index in [2.05, 4.69) is 27.1 Å². The highest BCUT2D eigenvalue weighted by atomic mass is 16.5. The number of likely N-dealkylation sites (tertiary alicyclic amines) is 1. The van der Waals surface area contributed by atoms with Gasteiger partial charge in [-0.15, -0.1) is 0 Å². The first kappa shape index (κ1) is 17.4. The summed E-state index contributed by atoms with van der Waals surface area (Å²) in [6.45, 7) is 6.40. The largest absolute Gasteiger partial charge is 0.445 e. The van der Waals surface area contributed by atoms with Crippen LogP contribution in [0.4, 0.5) is 0 Å². The summed E-state index contributed by atoms with van der Waals surface area (Å²) < 4.78 is 11.1. The molecule has 0 spiro atoms. The van der Waals surface area contributed by atoms with Crippen molar-refractivity contribution in [1.82, 2.24) is 20.1 Å². The van der Waals surface area contributed by atoms with Gasteiger partial charge in [0.25, 0.3) is 0 Å². The van der Waals surface area contributed by atoms with Crippen LogP contribution in [0.2, 0.25) is 0 Å². The van der Waals surface area contributed by atoms with E-state index >= 15 is 0 Å². The van der Waals surface area contributed by atoms with Crippen molar-refractivity contribution in [3.8, 4) is 0 Å². The van der Waals surface area contributed by atoms with Crippen molar-refractivity contribution < 1.29 is 13.9 Å². The molecule has 2 atom stereocenters. The third kappa shape index (κ3) is 4.78. The van der Waals surface area contributed by atoms with Crippen LogP contribution in [-0.4, -0.2) is 72.7 Å². The fourth-order valence-corrected chi connectivity index (χ4v) is 3.42. The molecule has 3 heterocycles. The van der Waals surface area contributed by atoms with Crippen LogP contribution in [0.1, 0.15) is 30.9 Å². The first-order chi connectivity index (χ1) is 11.6. The molecule has 2 aliphatic heterocycles. The van der Waals surface area contributed by atoms with Crippen molar-refractivity contribution in [3.05, 3.63) is 17.8 Å². The molecule has 3 rings (SSSR count). The smallest absolute Gasteiger partial charge is 0.234 e. The van der Waals surface area contributed by atoms with Crippen LogP contribution in [0.15, 0.2) is 10.6 Å². The zero-order chi connectivity index (χ0) is 16.9. The van der Waals surface area contributed by atoms with Crippen LogP contribution in [0.5, 0.6) is 0 Å². The van der Waals surface area contributed by atoms with Crippen molar-refractivity contribution in [2.24, 2.45) is 0 Å². The van der Waals surface area contributed by atoms with E-state index < -0.39 is 0 Å². The summed E-state index contributed by atoms with van der Waals surface area (Å²) >= 11 is 0. The number of aryl methyl sites for hydroxylation is 1. The maximum absolute atomic E-state index is 12.1. The molecule has 2 fully saturated rings. The van der Waals surface area contributed by atoms with Crippen molar-refractivity contribution in [2.75, 3.05) is 39.8 Å². The SMILES string of the molecule is Cc1cnc(CN(C)[C@@H]2CCN(CC(=O)NC[C@@H]3CCCO3)C2)o1. The Hall–Kier alpha value is -1.44. The number of ether oxygens (including phenoxy) is 1. The molecular formula is C17H28N4O3. The van der Waals surface area contributed by atoms with E-state index in [1.54, 1.807) is 6.20 Å². The summed E-state index contributed by atoms with van der Waals surface area (Å²) in [5.74, 6) is 1.69. The highest BCUT2D eigenvalue weighted by molar-refractivity contribution is 5.78. The number of aromatic nitrogens is 1. The van der Waals surface area contributed by atoms with Gasteiger partial charge in [-0.25, -0.2) is 4.98 Å². The molecule has 0 unspecified atom stereocenters. The monoisotopic (exact) mass is 336 g/mol. The zero-order valence-corrected chi connectivity index (χ0v) is 14.7. The molecule has 7 heteroatoms. The Labute approximate surface area is 143 Å². The van der Waals surface area contributed by atoms with Crippen LogP contribution in [0.25, 0.3) is 0 Å². The van der Waals surface area contributed by atoms with Gasteiger partial charge in [-0.2, -0.15) is 0 Å². The van der Waals surface area contributed by atoms with Crippen molar-refractivity contribution in [3.63, 3.8) is 0 Å². The Bertz CT molecular complexity index is 542. The second-order valence-corrected chi connectivity index (χ2v) is 6.90. The van der Waals surface area contributed by atoms with Gasteiger partial charge in [0.1, 0.15) is 5.76 Å². The summed E-state index contributed by atoms with van der Waals surface area (Å²) in [4.78, 5) is 20.8. The Balaban J connectivity index is 1.37. The molecule has 1 aromatic rings. The minimum atomic E-state index is 0.0946. The lowest BCUT2D eigenvalue weighted by atomic mass is 10.2. The van der Waals surface area contributed by atoms with E-state index in [-0.39, 0.29) is 12.0 Å². The van der Waals surface area contributed by atoms with Crippen LogP contribution < -0.4 is 5.32 Å². The average molecular weight is 336 g/mol. The van der Waals surface area contributed by atoms with Gasteiger partial charge < -0.3 is 14.5 Å². The number of amides is 1. The van der Waals surface area contributed by atoms with Gasteiger partial charge in [0.05, 0.1) is 25.4 Å². The molecular weight excluding hydrogens is 308 g/mol. The van der Waals surface area contributed by atoms with Gasteiger partial charge >= 0.3 is 0 Å². The van der Waals surface area contributed by atoms with Gasteiger partial charge in [-0.05, 0) is 33.2 Å². The minimum Gasteiger partial charge on any atom is -0.445 e. The molecule has 0 radical (unpaired) electrons. The standard InChI is InChI=1S/C17H28N4O3/c1-13-8-19-17(24-13)12-20(2)14-5-6-21(10-14)11-16(22)18-9-15-4-3-7-23-15/h8,14-15H,3-7,9-12H2,1-2H3,(H,18,22)/t14-,15+/m1/s1. The number of hydrogen-bond acceptors (Lipinski definition) is 6. The molecule has 1 N–H and O–H groups in total. The first-order valence-electron chi connectivity index (χ1n) is 8.82. The third-order valence-corrected chi connectivity index (χ3v) is 4.84. The number of nitrogens with zero attached hydrogens (tertiary/aromatic N) is 3. The van der Waals surface area contributed by atoms with E-state index in [9.17, 15) is 4.79 Å². The molecule has 134 valence electrons. The topological polar surface area (TPSA) is 70.8 Å². The summed E-state index contributed by atoms with van der Waals surface area (Å²) in [5.41, 5.74) is 0. The fraction of sp³-hybridized carbons (Fsp3) is 0.765. The Morgan fingerprint density at radius 3 is 3.08 bits per heavy atom. The Kier molecular flexibility index (Phi) is 5.86. The van der Waals surface area contributed by atoms with Crippen LogP contribution in [0.3, 0.4) is 0 Å². The molecule has 1 aromatic heterocycles. The summed E-state index contributed by atoms with van der Waals surface area (Å²) in [5, 5.41) is 2.99. The lowest BCUT2D eigenvalue weighted by molar-refractivity contribution is -0.122. The van der Waals surface area contributed by atoms with Crippen molar-refractivity contribution in [2.45, 2.75) is 44.9 Å². The number of carbonyl (C=O) groups is 1. The van der Waals surface area contributed by atoms with Gasteiger partial charge in [-0.3, -0.25) is 14.6 Å². The zero-order valence-electron chi connectivity index (χ0n) is 14.7. The van der Waals surface area contributed by atoms with Gasteiger partial charge in [0, 0.05) is 32.3 Å². The molecule has 2 aliphatic rings. The second-order valence-electron chi connectivity index (χ2n) is 6.90. The van der Waals surface area contributed by atoms with Gasteiger partial charge in [-0.1, -0.05) is 0 Å². The number of carbonyl (C=O) groups excluding carboxylic acids is 1. The number of hydrogen-bond donors (Lipinski definition) is 1. The van der Waals surface area contributed by atoms with E-state index in [4.69, 9.17) is 9.15 Å². The van der Waals surface area contributed by atoms with Crippen LogP contribution in [-0.2, 0) is 16.1 Å². The molecule has 0 bridgehead atoms. The van der Waals surface area contributed by atoms with Crippen LogP contribution >= 0.6 is 0 Å². The molecule has 2 saturated heterocycles. The summed E-state index contributed by atoms with van der Waals surface area (Å²) in [6.07, 6.45) is 5.18. The van der Waals surface area contributed by atoms with Gasteiger partial charge in [0.15, 0.2) is 0 Å². The maximum Gasteiger partial charge on any atom is 0.234 e. The Morgan fingerprint density at radius 2 is 2.38 bits per heavy atom. The normalized spacial score (nSPS) is 24.8. The van der Waals surface area contributed by atoms with Crippen molar-refractivity contribution in [1.29, 1.82) is 0 Å². The van der Waals surface area contributed by atoms with E-state index in [0.717, 1.165) is 50.6 Å². The first-order valence-corrected chi connectivity index (χ1v) is 8.82. The quantitative estimate of drug-likeness (QED) is 0.794. The third-order valence-electron chi connectivity index (χ3n) is 4.84. The lowest BCUT2D eigenvalue weighted by Crippen LogP contribution is -2.41. The van der Waals surface area contributed by atoms with E-state index in [0.29, 0.717) is 25.7 Å². The number of rotatable bonds is 7. The average Bonchev–Trinajstić information content (AvgIpc) is 3.27. The molecule has 0 aliphatic carbocycles. The predicted octanol–water partition coefficient (Wildman–Crippen LogP) is 0.784. The molecule has 0 saturated carbocycles. The maximum atomic E-state index is 12.1.